The first kappa shape index (κ1) is 23.4. The molecule has 1 aliphatic heterocycles. The van der Waals surface area contributed by atoms with Crippen LogP contribution in [0.3, 0.4) is 0 Å². The highest BCUT2D eigenvalue weighted by molar-refractivity contribution is 6.38. The summed E-state index contributed by atoms with van der Waals surface area (Å²) in [6.45, 7) is 0.179. The first-order valence-corrected chi connectivity index (χ1v) is 10.5. The third-order valence-corrected chi connectivity index (χ3v) is 5.63. The first-order valence-electron chi connectivity index (χ1n) is 10.1. The molecule has 3 rings (SSSR count). The second-order valence-corrected chi connectivity index (χ2v) is 7.83. The van der Waals surface area contributed by atoms with Crippen LogP contribution in [0.1, 0.15) is 24.0 Å². The van der Waals surface area contributed by atoms with Crippen molar-refractivity contribution in [2.45, 2.75) is 37.9 Å². The van der Waals surface area contributed by atoms with Crippen LogP contribution < -0.4 is 10.8 Å². The Morgan fingerprint density at radius 2 is 1.81 bits per heavy atom. The van der Waals surface area contributed by atoms with Crippen LogP contribution >= 0.6 is 11.6 Å². The van der Waals surface area contributed by atoms with Crippen molar-refractivity contribution in [3.05, 3.63) is 70.7 Å². The number of likely N-dealkylation sites (tertiary alicyclic amines) is 1. The summed E-state index contributed by atoms with van der Waals surface area (Å²) in [6.07, 6.45) is 0.642. The average Bonchev–Trinajstić information content (AvgIpc) is 3.15. The summed E-state index contributed by atoms with van der Waals surface area (Å²) in [5.41, 5.74) is 3.48. The molecule has 0 bridgehead atoms. The lowest BCUT2D eigenvalue weighted by atomic mass is 10.0. The minimum atomic E-state index is -1.11. The second-order valence-electron chi connectivity index (χ2n) is 7.42. The number of nitrogens with one attached hydrogen (secondary N) is 2. The SMILES string of the molecule is CONC(=O)C(=O)C(Cc1ccccc1)NC(=O)[C@@H]1CCC(=O)N1Cc1ccccc1Cl. The van der Waals surface area contributed by atoms with Crippen molar-refractivity contribution in [3.8, 4) is 0 Å². The van der Waals surface area contributed by atoms with Crippen LogP contribution in [0.15, 0.2) is 54.6 Å². The molecule has 2 aromatic carbocycles. The van der Waals surface area contributed by atoms with Gasteiger partial charge in [0.05, 0.1) is 7.11 Å². The number of nitrogens with zero attached hydrogens (tertiary/aromatic N) is 1. The third-order valence-electron chi connectivity index (χ3n) is 5.26. The van der Waals surface area contributed by atoms with Gasteiger partial charge in [-0.2, -0.15) is 0 Å². The van der Waals surface area contributed by atoms with E-state index in [9.17, 15) is 19.2 Å². The van der Waals surface area contributed by atoms with Gasteiger partial charge >= 0.3 is 5.91 Å². The molecule has 0 spiro atoms. The summed E-state index contributed by atoms with van der Waals surface area (Å²) in [5, 5.41) is 3.17. The molecule has 0 aliphatic carbocycles. The van der Waals surface area contributed by atoms with Gasteiger partial charge in [0, 0.05) is 24.4 Å². The fourth-order valence-corrected chi connectivity index (χ4v) is 3.84. The molecule has 32 heavy (non-hydrogen) atoms. The van der Waals surface area contributed by atoms with Crippen molar-refractivity contribution in [1.82, 2.24) is 15.7 Å². The van der Waals surface area contributed by atoms with Crippen molar-refractivity contribution in [2.24, 2.45) is 0 Å². The van der Waals surface area contributed by atoms with E-state index < -0.39 is 29.7 Å². The minimum Gasteiger partial charge on any atom is -0.344 e. The molecular weight excluding hydrogens is 434 g/mol. The number of ketones is 1. The van der Waals surface area contributed by atoms with E-state index in [2.05, 4.69) is 10.2 Å². The van der Waals surface area contributed by atoms with Crippen LogP contribution in [-0.4, -0.2) is 47.6 Å². The molecule has 168 valence electrons. The van der Waals surface area contributed by atoms with E-state index in [0.29, 0.717) is 11.4 Å². The van der Waals surface area contributed by atoms with Crippen molar-refractivity contribution in [1.29, 1.82) is 0 Å². The van der Waals surface area contributed by atoms with Gasteiger partial charge in [0.25, 0.3) is 0 Å². The molecule has 0 aromatic heterocycles. The summed E-state index contributed by atoms with van der Waals surface area (Å²) in [5.74, 6) is -2.48. The second kappa shape index (κ2) is 10.9. The highest BCUT2D eigenvalue weighted by atomic mass is 35.5. The minimum absolute atomic E-state index is 0.119. The maximum atomic E-state index is 13.1. The molecule has 9 heteroatoms. The molecule has 3 amide bonds. The lowest BCUT2D eigenvalue weighted by molar-refractivity contribution is -0.146. The van der Waals surface area contributed by atoms with Crippen molar-refractivity contribution in [3.63, 3.8) is 0 Å². The fourth-order valence-electron chi connectivity index (χ4n) is 3.64. The van der Waals surface area contributed by atoms with E-state index in [0.717, 1.165) is 11.1 Å². The van der Waals surface area contributed by atoms with E-state index in [-0.39, 0.29) is 25.3 Å². The van der Waals surface area contributed by atoms with Crippen LogP contribution in [0.25, 0.3) is 0 Å². The van der Waals surface area contributed by atoms with E-state index in [1.807, 2.05) is 11.5 Å². The van der Waals surface area contributed by atoms with Crippen LogP contribution in [0.5, 0.6) is 0 Å². The maximum absolute atomic E-state index is 13.1. The number of hydrogen-bond donors (Lipinski definition) is 2. The summed E-state index contributed by atoms with van der Waals surface area (Å²) in [6, 6.07) is 14.2. The predicted octanol–water partition coefficient (Wildman–Crippen LogP) is 1.81. The Morgan fingerprint density at radius 1 is 1.12 bits per heavy atom. The van der Waals surface area contributed by atoms with E-state index in [1.54, 1.807) is 48.5 Å². The number of amides is 3. The van der Waals surface area contributed by atoms with Crippen LogP contribution in [0.2, 0.25) is 5.02 Å². The van der Waals surface area contributed by atoms with Gasteiger partial charge < -0.3 is 10.2 Å². The molecule has 0 radical (unpaired) electrons. The Morgan fingerprint density at radius 3 is 2.50 bits per heavy atom. The van der Waals surface area contributed by atoms with E-state index in [1.165, 1.54) is 12.0 Å². The molecule has 1 saturated heterocycles. The molecule has 2 atom stereocenters. The number of carbonyl (C=O) groups excluding carboxylic acids is 4. The molecule has 0 saturated carbocycles. The average molecular weight is 458 g/mol. The lowest BCUT2D eigenvalue weighted by Crippen LogP contribution is -2.53. The van der Waals surface area contributed by atoms with Gasteiger partial charge in [0.15, 0.2) is 0 Å². The normalized spacial score (nSPS) is 16.5. The number of carbonyl (C=O) groups is 4. The Labute approximate surface area is 190 Å². The molecule has 1 fully saturated rings. The highest BCUT2D eigenvalue weighted by Crippen LogP contribution is 2.25. The molecule has 1 unspecified atom stereocenters. The zero-order valence-electron chi connectivity index (χ0n) is 17.5. The number of benzene rings is 2. The zero-order valence-corrected chi connectivity index (χ0v) is 18.3. The zero-order chi connectivity index (χ0) is 23.1. The van der Waals surface area contributed by atoms with Gasteiger partial charge in [-0.1, -0.05) is 60.1 Å². The molecule has 1 heterocycles. The number of hydrogen-bond acceptors (Lipinski definition) is 5. The van der Waals surface area contributed by atoms with Crippen LogP contribution in [0, 0.1) is 0 Å². The smallest absolute Gasteiger partial charge is 0.313 e. The highest BCUT2D eigenvalue weighted by Gasteiger charge is 2.38. The number of rotatable bonds is 9. The maximum Gasteiger partial charge on any atom is 0.313 e. The molecule has 1 aliphatic rings. The quantitative estimate of drug-likeness (QED) is 0.441. The standard InChI is InChI=1S/C23H24ClN3O5/c1-32-26-23(31)21(29)18(13-15-7-3-2-4-8-15)25-22(30)19-11-12-20(28)27(19)14-16-9-5-6-10-17(16)24/h2-10,18-19H,11-14H2,1H3,(H,25,30)(H,26,31)/t18?,19-/m0/s1. The monoisotopic (exact) mass is 457 g/mol. The predicted molar refractivity (Wildman–Crippen MR) is 117 cm³/mol. The number of halogens is 1. The van der Waals surface area contributed by atoms with Gasteiger partial charge in [-0.05, 0) is 23.6 Å². The Balaban J connectivity index is 1.77. The molecule has 2 N–H and O–H groups in total. The van der Waals surface area contributed by atoms with Crippen molar-refractivity contribution >= 4 is 35.1 Å². The Bertz CT molecular complexity index is 998. The topological polar surface area (TPSA) is 105 Å². The molecule has 2 aromatic rings. The third kappa shape index (κ3) is 5.72. The fraction of sp³-hybridized carbons (Fsp3) is 0.304. The van der Waals surface area contributed by atoms with E-state index >= 15 is 0 Å². The van der Waals surface area contributed by atoms with Crippen LogP contribution in [0.4, 0.5) is 0 Å². The Hall–Kier alpha value is -3.23. The summed E-state index contributed by atoms with van der Waals surface area (Å²) < 4.78 is 0. The molecule has 8 nitrogen and oxygen atoms in total. The largest absolute Gasteiger partial charge is 0.344 e. The number of hydroxylamine groups is 1. The summed E-state index contributed by atoms with van der Waals surface area (Å²) in [7, 11) is 1.21. The summed E-state index contributed by atoms with van der Waals surface area (Å²) in [4.78, 5) is 56.3. The van der Waals surface area contributed by atoms with Gasteiger partial charge in [0.1, 0.15) is 12.1 Å². The van der Waals surface area contributed by atoms with Gasteiger partial charge in [-0.25, -0.2) is 5.48 Å². The molecular formula is C23H24ClN3O5. The van der Waals surface area contributed by atoms with Crippen LogP contribution in [-0.2, 0) is 37.0 Å². The van der Waals surface area contributed by atoms with Crippen molar-refractivity contribution < 1.29 is 24.0 Å². The van der Waals surface area contributed by atoms with Crippen molar-refractivity contribution in [2.75, 3.05) is 7.11 Å². The first-order chi connectivity index (χ1) is 15.4. The van der Waals surface area contributed by atoms with Gasteiger partial charge in [-0.3, -0.25) is 24.0 Å². The number of Topliss-reactive ketones (excluding diaryl/α,β-unsaturated/α-hetero) is 1. The lowest BCUT2D eigenvalue weighted by Gasteiger charge is -2.26. The van der Waals surface area contributed by atoms with E-state index in [4.69, 9.17) is 11.6 Å². The van der Waals surface area contributed by atoms with Gasteiger partial charge in [0.2, 0.25) is 17.6 Å². The summed E-state index contributed by atoms with van der Waals surface area (Å²) >= 11 is 6.22. The Kier molecular flexibility index (Phi) is 7.97. The van der Waals surface area contributed by atoms with Gasteiger partial charge in [-0.15, -0.1) is 0 Å².